The standard InChI is InChI=1S/C51H34N5O/c1-3-14-32(15-4-1)49-52-50(56-51(55(49)56)40-22-13-21-39-38-20-9-12-25-47(38)57-48(39)40)33-26-28-35(29-27-33)54-44-24-11-8-19-37(44)42-30-41-36-18-7-10-23-43(36)53(45(41)31-46(42)54)34-16-5-2-6-17-34/h1-26,28,30-31,51H,27,29H2/q+1. The SMILES string of the molecule is C1=C(c2nc(-c3ccccc3)n3[n+]2C3c2cccc3c2oc2ccccc23)CCC(n2c3ccccc3c3cc4c5ccccc5n(-c5ccccc5)c4cc32)=C1. The van der Waals surface area contributed by atoms with Gasteiger partial charge in [-0.15, -0.1) is 9.36 Å². The summed E-state index contributed by atoms with van der Waals surface area (Å²) in [5.74, 6) is 1.98. The zero-order valence-electron chi connectivity index (χ0n) is 30.9. The average molecular weight is 733 g/mol. The fraction of sp³-hybridized carbons (Fsp3) is 0.0588. The van der Waals surface area contributed by atoms with Crippen molar-refractivity contribution in [2.45, 2.75) is 19.0 Å². The van der Waals surface area contributed by atoms with Crippen LogP contribution < -0.4 is 4.68 Å². The third kappa shape index (κ3) is 4.35. The normalized spacial score (nSPS) is 15.3. The van der Waals surface area contributed by atoms with Gasteiger partial charge in [-0.2, -0.15) is 0 Å². The van der Waals surface area contributed by atoms with Crippen molar-refractivity contribution in [3.63, 3.8) is 0 Å². The van der Waals surface area contributed by atoms with E-state index in [2.05, 4.69) is 188 Å². The lowest BCUT2D eigenvalue weighted by molar-refractivity contribution is -0.617. The van der Waals surface area contributed by atoms with Gasteiger partial charge in [-0.1, -0.05) is 103 Å². The number of hydrogen-bond donors (Lipinski definition) is 0. The van der Waals surface area contributed by atoms with Crippen LogP contribution >= 0.6 is 0 Å². The molecule has 0 N–H and O–H groups in total. The predicted molar refractivity (Wildman–Crippen MR) is 230 cm³/mol. The molecule has 1 unspecified atom stereocenters. The lowest BCUT2D eigenvalue weighted by Crippen LogP contribution is -2.22. The fourth-order valence-corrected chi connectivity index (χ4v) is 9.64. The van der Waals surface area contributed by atoms with Gasteiger partial charge < -0.3 is 13.6 Å². The summed E-state index contributed by atoms with van der Waals surface area (Å²) < 4.78 is 16.1. The molecule has 0 spiro atoms. The molecule has 0 fully saturated rings. The first-order chi connectivity index (χ1) is 28.3. The molecule has 57 heavy (non-hydrogen) atoms. The van der Waals surface area contributed by atoms with Crippen LogP contribution in [-0.2, 0) is 0 Å². The van der Waals surface area contributed by atoms with E-state index in [0.717, 1.165) is 63.2 Å². The summed E-state index contributed by atoms with van der Waals surface area (Å²) in [5, 5.41) is 7.37. The van der Waals surface area contributed by atoms with Gasteiger partial charge in [0.15, 0.2) is 0 Å². The molecule has 13 rings (SSSR count). The van der Waals surface area contributed by atoms with Crippen molar-refractivity contribution in [2.24, 2.45) is 0 Å². The van der Waals surface area contributed by atoms with Gasteiger partial charge in [-0.25, -0.2) is 0 Å². The summed E-state index contributed by atoms with van der Waals surface area (Å²) >= 11 is 0. The number of allylic oxidation sites excluding steroid dienone is 4. The van der Waals surface area contributed by atoms with E-state index in [1.165, 1.54) is 54.9 Å². The second-order valence-corrected chi connectivity index (χ2v) is 15.3. The van der Waals surface area contributed by atoms with E-state index in [1.54, 1.807) is 0 Å². The van der Waals surface area contributed by atoms with Crippen LogP contribution in [-0.4, -0.2) is 18.8 Å². The topological polar surface area (TPSA) is 44.7 Å². The molecule has 0 bridgehead atoms. The molecule has 2 aliphatic rings. The molecule has 0 radical (unpaired) electrons. The highest BCUT2D eigenvalue weighted by Gasteiger charge is 2.52. The number of para-hydroxylation sites is 5. The highest BCUT2D eigenvalue weighted by Crippen LogP contribution is 2.43. The van der Waals surface area contributed by atoms with Crippen molar-refractivity contribution in [1.29, 1.82) is 0 Å². The maximum Gasteiger partial charge on any atom is 0.350 e. The number of aromatic nitrogens is 5. The number of furan rings is 1. The average Bonchev–Trinajstić information content (AvgIpc) is 3.56. The number of nitrogens with zero attached hydrogens (tertiary/aromatic N) is 5. The van der Waals surface area contributed by atoms with Crippen LogP contribution in [0.4, 0.5) is 0 Å². The van der Waals surface area contributed by atoms with Gasteiger partial charge >= 0.3 is 5.82 Å². The van der Waals surface area contributed by atoms with Crippen molar-refractivity contribution in [3.05, 3.63) is 187 Å². The number of rotatable bonds is 5. The molecule has 0 saturated carbocycles. The molecule has 5 heterocycles. The molecule has 1 aliphatic carbocycles. The molecule has 1 aliphatic heterocycles. The predicted octanol–water partition coefficient (Wildman–Crippen LogP) is 12.1. The first-order valence-corrected chi connectivity index (χ1v) is 19.7. The number of benzene rings is 7. The van der Waals surface area contributed by atoms with E-state index >= 15 is 0 Å². The zero-order chi connectivity index (χ0) is 37.2. The minimum atomic E-state index is -0.000593. The summed E-state index contributed by atoms with van der Waals surface area (Å²) in [6.07, 6.45) is 6.39. The van der Waals surface area contributed by atoms with Crippen LogP contribution in [0.25, 0.3) is 93.9 Å². The van der Waals surface area contributed by atoms with E-state index in [9.17, 15) is 0 Å². The number of hydrogen-bond acceptors (Lipinski definition) is 2. The Balaban J connectivity index is 0.976. The van der Waals surface area contributed by atoms with Gasteiger partial charge in [-0.05, 0) is 90.6 Å². The molecule has 4 aromatic heterocycles. The van der Waals surface area contributed by atoms with E-state index in [4.69, 9.17) is 9.40 Å². The third-order valence-corrected chi connectivity index (χ3v) is 12.2. The van der Waals surface area contributed by atoms with Crippen LogP contribution in [0.2, 0.25) is 0 Å². The summed E-state index contributed by atoms with van der Waals surface area (Å²) in [5.41, 5.74) is 12.7. The molecule has 7 aromatic carbocycles. The fourth-order valence-electron chi connectivity index (χ4n) is 9.64. The molecular formula is C51H34N5O+. The Labute approximate surface area is 327 Å². The van der Waals surface area contributed by atoms with Crippen LogP contribution in [0.15, 0.2) is 180 Å². The molecule has 11 aromatic rings. The molecule has 6 nitrogen and oxygen atoms in total. The van der Waals surface area contributed by atoms with Crippen molar-refractivity contribution < 1.29 is 9.10 Å². The van der Waals surface area contributed by atoms with Crippen LogP contribution in [0.3, 0.4) is 0 Å². The first kappa shape index (κ1) is 30.8. The quantitative estimate of drug-likeness (QED) is 0.165. The Morgan fingerprint density at radius 1 is 0.526 bits per heavy atom. The van der Waals surface area contributed by atoms with Crippen LogP contribution in [0.1, 0.15) is 30.4 Å². The highest BCUT2D eigenvalue weighted by molar-refractivity contribution is 6.19. The van der Waals surface area contributed by atoms with Crippen molar-refractivity contribution >= 4 is 76.8 Å². The molecule has 1 atom stereocenters. The van der Waals surface area contributed by atoms with Gasteiger partial charge in [-0.3, -0.25) is 0 Å². The lowest BCUT2D eigenvalue weighted by atomic mass is 10.0. The highest BCUT2D eigenvalue weighted by atomic mass is 16.3. The molecule has 6 heteroatoms. The summed E-state index contributed by atoms with van der Waals surface area (Å²) in [6, 6.07) is 58.6. The largest absolute Gasteiger partial charge is 0.456 e. The van der Waals surface area contributed by atoms with E-state index in [-0.39, 0.29) is 6.17 Å². The Kier molecular flexibility index (Phi) is 6.24. The van der Waals surface area contributed by atoms with Gasteiger partial charge in [0.05, 0.1) is 27.6 Å². The minimum absolute atomic E-state index is 0.000593. The smallest absolute Gasteiger partial charge is 0.350 e. The molecule has 268 valence electrons. The van der Waals surface area contributed by atoms with Gasteiger partial charge in [0.2, 0.25) is 0 Å². The van der Waals surface area contributed by atoms with E-state index in [1.807, 2.05) is 6.07 Å². The molecular weight excluding hydrogens is 699 g/mol. The third-order valence-electron chi connectivity index (χ3n) is 12.2. The summed E-state index contributed by atoms with van der Waals surface area (Å²) in [6.45, 7) is 0. The van der Waals surface area contributed by atoms with Crippen LogP contribution in [0.5, 0.6) is 0 Å². The van der Waals surface area contributed by atoms with Gasteiger partial charge in [0.25, 0.3) is 12.0 Å². The van der Waals surface area contributed by atoms with Crippen molar-refractivity contribution in [3.8, 4) is 17.1 Å². The van der Waals surface area contributed by atoms with E-state index < -0.39 is 0 Å². The van der Waals surface area contributed by atoms with Gasteiger partial charge in [0.1, 0.15) is 11.2 Å². The summed E-state index contributed by atoms with van der Waals surface area (Å²) in [4.78, 5) is 5.34. The van der Waals surface area contributed by atoms with E-state index in [0.29, 0.717) is 0 Å². The van der Waals surface area contributed by atoms with Crippen LogP contribution in [0, 0.1) is 0 Å². The number of fused-ring (bicyclic) bond motifs is 10. The molecule has 0 amide bonds. The monoisotopic (exact) mass is 732 g/mol. The van der Waals surface area contributed by atoms with Gasteiger partial charge in [0, 0.05) is 54.8 Å². The second-order valence-electron chi connectivity index (χ2n) is 15.3. The Bertz CT molecular complexity index is 3520. The Morgan fingerprint density at radius 2 is 1.18 bits per heavy atom. The maximum absolute atomic E-state index is 6.54. The Hall–Kier alpha value is -7.44. The second kappa shape index (κ2) is 11.5. The summed E-state index contributed by atoms with van der Waals surface area (Å²) in [7, 11) is 0. The minimum Gasteiger partial charge on any atom is -0.456 e. The first-order valence-electron chi connectivity index (χ1n) is 19.7. The molecule has 0 saturated heterocycles. The Morgan fingerprint density at radius 3 is 1.93 bits per heavy atom. The van der Waals surface area contributed by atoms with Crippen molar-refractivity contribution in [1.82, 2.24) is 18.8 Å². The zero-order valence-corrected chi connectivity index (χ0v) is 30.9. The van der Waals surface area contributed by atoms with Crippen molar-refractivity contribution in [2.75, 3.05) is 0 Å². The lowest BCUT2D eigenvalue weighted by Gasteiger charge is -2.16. The maximum atomic E-state index is 6.54.